The molecule has 0 unspecified atom stereocenters. The molecule has 15 heavy (non-hydrogen) atoms. The third-order valence-corrected chi connectivity index (χ3v) is 1.92. The highest BCUT2D eigenvalue weighted by Crippen LogP contribution is 2.15. The van der Waals surface area contributed by atoms with Crippen LogP contribution in [0.4, 0.5) is 5.69 Å². The summed E-state index contributed by atoms with van der Waals surface area (Å²) >= 11 is 0. The molecule has 0 saturated carbocycles. The molecule has 1 heterocycles. The number of hydrogen-bond donors (Lipinski definition) is 2. The SMILES string of the molecule is CCCCOc1cc(C(N)=O)c(N)cn1. The van der Waals surface area contributed by atoms with Crippen molar-refractivity contribution in [1.82, 2.24) is 4.98 Å². The van der Waals surface area contributed by atoms with Gasteiger partial charge < -0.3 is 16.2 Å². The zero-order valence-electron chi connectivity index (χ0n) is 8.69. The fourth-order valence-electron chi connectivity index (χ4n) is 1.06. The normalized spacial score (nSPS) is 9.93. The van der Waals surface area contributed by atoms with Gasteiger partial charge in [-0.1, -0.05) is 13.3 Å². The lowest BCUT2D eigenvalue weighted by atomic mass is 10.2. The van der Waals surface area contributed by atoms with Crippen molar-refractivity contribution in [1.29, 1.82) is 0 Å². The van der Waals surface area contributed by atoms with E-state index in [1.807, 2.05) is 0 Å². The molecule has 5 nitrogen and oxygen atoms in total. The predicted octanol–water partition coefficient (Wildman–Crippen LogP) is 0.942. The summed E-state index contributed by atoms with van der Waals surface area (Å²) < 4.78 is 5.32. The van der Waals surface area contributed by atoms with Crippen molar-refractivity contribution in [2.24, 2.45) is 5.73 Å². The van der Waals surface area contributed by atoms with E-state index in [9.17, 15) is 4.79 Å². The summed E-state index contributed by atoms with van der Waals surface area (Å²) in [5, 5.41) is 0. The topological polar surface area (TPSA) is 91.2 Å². The predicted molar refractivity (Wildman–Crippen MR) is 57.6 cm³/mol. The second-order valence-electron chi connectivity index (χ2n) is 3.18. The molecule has 1 aromatic rings. The summed E-state index contributed by atoms with van der Waals surface area (Å²) in [5.74, 6) is -0.193. The Morgan fingerprint density at radius 1 is 1.60 bits per heavy atom. The lowest BCUT2D eigenvalue weighted by Gasteiger charge is -2.06. The van der Waals surface area contributed by atoms with Gasteiger partial charge in [0.15, 0.2) is 0 Å². The number of ether oxygens (including phenoxy) is 1. The third kappa shape index (κ3) is 3.12. The molecule has 5 heteroatoms. The Kier molecular flexibility index (Phi) is 3.91. The van der Waals surface area contributed by atoms with Crippen molar-refractivity contribution < 1.29 is 9.53 Å². The zero-order chi connectivity index (χ0) is 11.3. The molecule has 4 N–H and O–H groups in total. The first-order chi connectivity index (χ1) is 7.15. The maximum absolute atomic E-state index is 11.0. The summed E-state index contributed by atoms with van der Waals surface area (Å²) in [6.07, 6.45) is 3.36. The molecular weight excluding hydrogens is 194 g/mol. The highest BCUT2D eigenvalue weighted by Gasteiger charge is 2.08. The molecule has 1 amide bonds. The van der Waals surface area contributed by atoms with Crippen LogP contribution < -0.4 is 16.2 Å². The maximum Gasteiger partial charge on any atom is 0.251 e. The van der Waals surface area contributed by atoms with Gasteiger partial charge in [-0.3, -0.25) is 4.79 Å². The van der Waals surface area contributed by atoms with Crippen molar-refractivity contribution in [3.05, 3.63) is 17.8 Å². The van der Waals surface area contributed by atoms with Gasteiger partial charge >= 0.3 is 0 Å². The van der Waals surface area contributed by atoms with E-state index in [0.29, 0.717) is 12.5 Å². The van der Waals surface area contributed by atoms with Crippen molar-refractivity contribution in [3.8, 4) is 5.88 Å². The van der Waals surface area contributed by atoms with Gasteiger partial charge in [0, 0.05) is 6.07 Å². The molecule has 0 atom stereocenters. The smallest absolute Gasteiger partial charge is 0.251 e. The number of hydrogen-bond acceptors (Lipinski definition) is 4. The number of nitrogen functional groups attached to an aromatic ring is 1. The number of carbonyl (C=O) groups is 1. The molecule has 0 aliphatic carbocycles. The Hall–Kier alpha value is -1.78. The van der Waals surface area contributed by atoms with Crippen molar-refractivity contribution in [3.63, 3.8) is 0 Å². The van der Waals surface area contributed by atoms with Crippen LogP contribution in [-0.2, 0) is 0 Å². The molecular formula is C10H15N3O2. The largest absolute Gasteiger partial charge is 0.478 e. The van der Waals surface area contributed by atoms with E-state index in [0.717, 1.165) is 12.8 Å². The van der Waals surface area contributed by atoms with Gasteiger partial charge in [0.25, 0.3) is 5.91 Å². The number of pyridine rings is 1. The van der Waals surface area contributed by atoms with E-state index in [1.165, 1.54) is 12.3 Å². The fraction of sp³-hybridized carbons (Fsp3) is 0.400. The Bertz CT molecular complexity index is 353. The number of anilines is 1. The van der Waals surface area contributed by atoms with Crippen molar-refractivity contribution in [2.75, 3.05) is 12.3 Å². The summed E-state index contributed by atoms with van der Waals surface area (Å²) in [4.78, 5) is 14.9. The van der Waals surface area contributed by atoms with Crippen LogP contribution >= 0.6 is 0 Å². The van der Waals surface area contributed by atoms with Gasteiger partial charge in [-0.25, -0.2) is 4.98 Å². The Morgan fingerprint density at radius 2 is 2.33 bits per heavy atom. The van der Waals surface area contributed by atoms with Crippen LogP contribution in [0.2, 0.25) is 0 Å². The Balaban J connectivity index is 2.74. The van der Waals surface area contributed by atoms with E-state index in [4.69, 9.17) is 16.2 Å². The van der Waals surface area contributed by atoms with E-state index >= 15 is 0 Å². The average Bonchev–Trinajstić information content (AvgIpc) is 2.20. The van der Waals surface area contributed by atoms with Gasteiger partial charge in [0.2, 0.25) is 5.88 Å². The zero-order valence-corrected chi connectivity index (χ0v) is 8.69. The number of rotatable bonds is 5. The van der Waals surface area contributed by atoms with Crippen LogP contribution in [0.1, 0.15) is 30.1 Å². The van der Waals surface area contributed by atoms with Gasteiger partial charge in [-0.2, -0.15) is 0 Å². The number of carbonyl (C=O) groups excluding carboxylic acids is 1. The first kappa shape index (κ1) is 11.3. The maximum atomic E-state index is 11.0. The van der Waals surface area contributed by atoms with Crippen molar-refractivity contribution in [2.45, 2.75) is 19.8 Å². The fourth-order valence-corrected chi connectivity index (χ4v) is 1.06. The average molecular weight is 209 g/mol. The molecule has 82 valence electrons. The molecule has 0 aliphatic rings. The molecule has 1 aromatic heterocycles. The number of unbranched alkanes of at least 4 members (excludes halogenated alkanes) is 1. The van der Waals surface area contributed by atoms with Gasteiger partial charge in [0.1, 0.15) is 0 Å². The summed E-state index contributed by atoms with van der Waals surface area (Å²) in [6, 6.07) is 1.47. The Labute approximate surface area is 88.4 Å². The number of amides is 1. The van der Waals surface area contributed by atoms with E-state index < -0.39 is 5.91 Å². The van der Waals surface area contributed by atoms with Gasteiger partial charge in [0.05, 0.1) is 24.1 Å². The summed E-state index contributed by atoms with van der Waals surface area (Å²) in [5.41, 5.74) is 11.2. The minimum absolute atomic E-state index is 0.247. The molecule has 0 radical (unpaired) electrons. The van der Waals surface area contributed by atoms with E-state index in [1.54, 1.807) is 0 Å². The standard InChI is InChI=1S/C10H15N3O2/c1-2-3-4-15-9-5-7(10(12)14)8(11)6-13-9/h5-6H,2-4,11H2,1H3,(H2,12,14). The van der Waals surface area contributed by atoms with Crippen LogP contribution in [0.5, 0.6) is 5.88 Å². The monoisotopic (exact) mass is 209 g/mol. The molecule has 0 saturated heterocycles. The number of nitrogens with zero attached hydrogens (tertiary/aromatic N) is 1. The number of aromatic nitrogens is 1. The lowest BCUT2D eigenvalue weighted by Crippen LogP contribution is -2.14. The van der Waals surface area contributed by atoms with Crippen LogP contribution in [0.25, 0.3) is 0 Å². The summed E-state index contributed by atoms with van der Waals surface area (Å²) in [7, 11) is 0. The molecule has 0 bridgehead atoms. The Morgan fingerprint density at radius 3 is 2.93 bits per heavy atom. The molecule has 1 rings (SSSR count). The highest BCUT2D eigenvalue weighted by atomic mass is 16.5. The second-order valence-corrected chi connectivity index (χ2v) is 3.18. The number of primary amides is 1. The molecule has 0 fully saturated rings. The minimum atomic E-state index is -0.574. The van der Waals surface area contributed by atoms with Gasteiger partial charge in [-0.05, 0) is 6.42 Å². The van der Waals surface area contributed by atoms with E-state index in [2.05, 4.69) is 11.9 Å². The van der Waals surface area contributed by atoms with Gasteiger partial charge in [-0.15, -0.1) is 0 Å². The summed E-state index contributed by atoms with van der Waals surface area (Å²) in [6.45, 7) is 2.64. The van der Waals surface area contributed by atoms with Crippen LogP contribution in [-0.4, -0.2) is 17.5 Å². The van der Waals surface area contributed by atoms with Crippen molar-refractivity contribution >= 4 is 11.6 Å². The second kappa shape index (κ2) is 5.19. The third-order valence-electron chi connectivity index (χ3n) is 1.92. The van der Waals surface area contributed by atoms with E-state index in [-0.39, 0.29) is 11.3 Å². The van der Waals surface area contributed by atoms with Crippen LogP contribution in [0.3, 0.4) is 0 Å². The lowest BCUT2D eigenvalue weighted by molar-refractivity contribution is 0.100. The first-order valence-electron chi connectivity index (χ1n) is 4.83. The molecule has 0 aliphatic heterocycles. The quantitative estimate of drug-likeness (QED) is 0.706. The molecule has 0 spiro atoms. The highest BCUT2D eigenvalue weighted by molar-refractivity contribution is 5.97. The number of nitrogens with two attached hydrogens (primary N) is 2. The first-order valence-corrected chi connectivity index (χ1v) is 4.83. The minimum Gasteiger partial charge on any atom is -0.478 e. The molecule has 0 aromatic carbocycles. The van der Waals surface area contributed by atoms with Crippen LogP contribution in [0, 0.1) is 0 Å². The van der Waals surface area contributed by atoms with Crippen LogP contribution in [0.15, 0.2) is 12.3 Å².